The van der Waals surface area contributed by atoms with E-state index in [2.05, 4.69) is 15.0 Å². The first-order valence-corrected chi connectivity index (χ1v) is 10.1. The first kappa shape index (κ1) is 21.2. The maximum absolute atomic E-state index is 12.8. The molecule has 0 atom stereocenters. The first-order chi connectivity index (χ1) is 14.7. The Labute approximate surface area is 181 Å². The van der Waals surface area contributed by atoms with Crippen LogP contribution in [0, 0.1) is 0 Å². The summed E-state index contributed by atoms with van der Waals surface area (Å²) in [6.45, 7) is 0. The second kappa shape index (κ2) is 7.92. The van der Waals surface area contributed by atoms with E-state index in [0.29, 0.717) is 17.6 Å². The van der Waals surface area contributed by atoms with Gasteiger partial charge in [0.05, 0.1) is 5.56 Å². The van der Waals surface area contributed by atoms with Gasteiger partial charge in [0.25, 0.3) is 0 Å². The van der Waals surface area contributed by atoms with Crippen molar-refractivity contribution in [1.29, 1.82) is 0 Å². The zero-order valence-electron chi connectivity index (χ0n) is 16.4. The molecule has 1 aromatic heterocycles. The van der Waals surface area contributed by atoms with Crippen LogP contribution in [0.15, 0.2) is 46.5 Å². The van der Waals surface area contributed by atoms with Gasteiger partial charge in [0.2, 0.25) is 17.8 Å². The van der Waals surface area contributed by atoms with Crippen molar-refractivity contribution >= 4 is 29.2 Å². The monoisotopic (exact) mass is 452 g/mol. The molecule has 2 aliphatic rings. The molecule has 31 heavy (non-hydrogen) atoms. The zero-order valence-corrected chi connectivity index (χ0v) is 17.1. The Morgan fingerprint density at radius 1 is 1.10 bits per heavy atom. The third-order valence-electron chi connectivity index (χ3n) is 5.28. The highest BCUT2D eigenvalue weighted by atomic mass is 35.5. The summed E-state index contributed by atoms with van der Waals surface area (Å²) in [4.78, 5) is 14.3. The van der Waals surface area contributed by atoms with Crippen LogP contribution in [0.5, 0.6) is 11.6 Å². The number of anilines is 1. The van der Waals surface area contributed by atoms with Crippen LogP contribution in [0.4, 0.5) is 18.9 Å². The molecule has 2 aromatic rings. The summed E-state index contributed by atoms with van der Waals surface area (Å²) in [6, 6.07) is 7.66. The molecular weight excluding hydrogens is 433 g/mol. The summed E-state index contributed by atoms with van der Waals surface area (Å²) in [7, 11) is 0. The lowest BCUT2D eigenvalue weighted by Crippen LogP contribution is -2.58. The maximum Gasteiger partial charge on any atom is 0.417 e. The van der Waals surface area contributed by atoms with Crippen molar-refractivity contribution in [2.24, 2.45) is 21.5 Å². The van der Waals surface area contributed by atoms with Crippen LogP contribution >= 0.6 is 11.6 Å². The number of guanidine groups is 2. The molecule has 1 aliphatic carbocycles. The lowest BCUT2D eigenvalue weighted by atomic mass is 9.87. The Kier molecular flexibility index (Phi) is 5.42. The van der Waals surface area contributed by atoms with Crippen LogP contribution < -0.4 is 21.1 Å². The van der Waals surface area contributed by atoms with Crippen molar-refractivity contribution in [3.63, 3.8) is 0 Å². The number of aliphatic imine (C=N–C) groups is 2. The standard InChI is InChI=1S/C20H20ClF3N6O/c21-15-9-12(20(22,23)24)11-27-16(15)31-14-6-4-5-13(10-14)30-18(26)28-17(25)29-19(30)7-2-1-3-8-19/h4-6,9-11H,1-3,7-8H2,(H4,25,26,28,29). The van der Waals surface area contributed by atoms with Crippen molar-refractivity contribution in [2.45, 2.75) is 43.9 Å². The van der Waals surface area contributed by atoms with E-state index in [1.807, 2.05) is 11.0 Å². The molecule has 11 heteroatoms. The van der Waals surface area contributed by atoms with E-state index in [0.717, 1.165) is 38.2 Å². The lowest BCUT2D eigenvalue weighted by molar-refractivity contribution is -0.137. The van der Waals surface area contributed by atoms with Gasteiger partial charge in [-0.25, -0.2) is 9.98 Å². The number of alkyl halides is 3. The smallest absolute Gasteiger partial charge is 0.417 e. The number of hydrogen-bond acceptors (Lipinski definition) is 7. The third kappa shape index (κ3) is 4.25. The van der Waals surface area contributed by atoms with Crippen LogP contribution in [0.1, 0.15) is 37.7 Å². The fourth-order valence-electron chi connectivity index (χ4n) is 3.95. The number of pyridine rings is 1. The van der Waals surface area contributed by atoms with Crippen molar-refractivity contribution in [1.82, 2.24) is 4.98 Å². The van der Waals surface area contributed by atoms with Crippen molar-refractivity contribution < 1.29 is 17.9 Å². The highest BCUT2D eigenvalue weighted by Gasteiger charge is 2.42. The van der Waals surface area contributed by atoms with Crippen LogP contribution in [0.25, 0.3) is 0 Å². The van der Waals surface area contributed by atoms with Gasteiger partial charge >= 0.3 is 6.18 Å². The number of benzene rings is 1. The second-order valence-corrected chi connectivity index (χ2v) is 7.83. The van der Waals surface area contributed by atoms with E-state index >= 15 is 0 Å². The van der Waals surface area contributed by atoms with E-state index in [9.17, 15) is 13.2 Å². The number of nitrogens with zero attached hydrogens (tertiary/aromatic N) is 4. The number of halogens is 4. The summed E-state index contributed by atoms with van der Waals surface area (Å²) in [5, 5.41) is -0.250. The van der Waals surface area contributed by atoms with E-state index in [4.69, 9.17) is 27.8 Å². The van der Waals surface area contributed by atoms with Gasteiger partial charge in [-0.1, -0.05) is 24.1 Å². The molecule has 164 valence electrons. The van der Waals surface area contributed by atoms with E-state index < -0.39 is 17.4 Å². The number of rotatable bonds is 3. The van der Waals surface area contributed by atoms with Crippen molar-refractivity contribution in [3.05, 3.63) is 47.1 Å². The van der Waals surface area contributed by atoms with E-state index in [-0.39, 0.29) is 22.8 Å². The van der Waals surface area contributed by atoms with Crippen LogP contribution in [-0.4, -0.2) is 22.6 Å². The largest absolute Gasteiger partial charge is 0.437 e. The molecule has 1 aliphatic heterocycles. The van der Waals surface area contributed by atoms with Gasteiger partial charge in [0.1, 0.15) is 16.4 Å². The molecule has 0 saturated heterocycles. The summed E-state index contributed by atoms with van der Waals surface area (Å²) < 4.78 is 44.2. The average molecular weight is 453 g/mol. The van der Waals surface area contributed by atoms with Crippen LogP contribution in [-0.2, 0) is 6.18 Å². The third-order valence-corrected chi connectivity index (χ3v) is 5.55. The summed E-state index contributed by atoms with van der Waals surface area (Å²) in [5.41, 5.74) is 11.2. The summed E-state index contributed by atoms with van der Waals surface area (Å²) in [6.07, 6.45) is 0.710. The van der Waals surface area contributed by atoms with Gasteiger partial charge in [-0.15, -0.1) is 0 Å². The molecule has 4 rings (SSSR count). The zero-order chi connectivity index (χ0) is 22.2. The molecule has 0 amide bonds. The second-order valence-electron chi connectivity index (χ2n) is 7.43. The van der Waals surface area contributed by atoms with E-state index in [1.54, 1.807) is 18.2 Å². The van der Waals surface area contributed by atoms with E-state index in [1.165, 1.54) is 0 Å². The van der Waals surface area contributed by atoms with Gasteiger partial charge in [0, 0.05) is 18.0 Å². The number of nitrogens with two attached hydrogens (primary N) is 2. The molecular formula is C20H20ClF3N6O. The van der Waals surface area contributed by atoms with Crippen LogP contribution in [0.3, 0.4) is 0 Å². The van der Waals surface area contributed by atoms with Crippen LogP contribution in [0.2, 0.25) is 5.02 Å². The first-order valence-electron chi connectivity index (χ1n) is 9.68. The molecule has 1 aromatic carbocycles. The van der Waals surface area contributed by atoms with Gasteiger partial charge < -0.3 is 16.2 Å². The fourth-order valence-corrected chi connectivity index (χ4v) is 4.15. The highest BCUT2D eigenvalue weighted by Crippen LogP contribution is 2.41. The Balaban J connectivity index is 1.65. The topological polar surface area (TPSA) is 102 Å². The maximum atomic E-state index is 12.8. The summed E-state index contributed by atoms with van der Waals surface area (Å²) in [5.74, 6) is 0.552. The Hall–Kier alpha value is -3.01. The molecule has 7 nitrogen and oxygen atoms in total. The minimum atomic E-state index is -4.54. The minimum Gasteiger partial charge on any atom is -0.437 e. The molecule has 4 N–H and O–H groups in total. The quantitative estimate of drug-likeness (QED) is 0.705. The molecule has 0 radical (unpaired) electrons. The lowest BCUT2D eigenvalue weighted by Gasteiger charge is -2.45. The van der Waals surface area contributed by atoms with Crippen molar-refractivity contribution in [3.8, 4) is 11.6 Å². The van der Waals surface area contributed by atoms with Gasteiger partial charge in [0.15, 0.2) is 0 Å². The molecule has 1 saturated carbocycles. The molecule has 0 bridgehead atoms. The Bertz CT molecular complexity index is 1050. The van der Waals surface area contributed by atoms with Crippen molar-refractivity contribution in [2.75, 3.05) is 4.90 Å². The Morgan fingerprint density at radius 3 is 2.52 bits per heavy atom. The highest BCUT2D eigenvalue weighted by molar-refractivity contribution is 6.31. The minimum absolute atomic E-state index is 0.137. The molecule has 1 spiro atoms. The Morgan fingerprint density at radius 2 is 1.84 bits per heavy atom. The van der Waals surface area contributed by atoms with Gasteiger partial charge in [-0.2, -0.15) is 18.2 Å². The predicted octanol–water partition coefficient (Wildman–Crippen LogP) is 4.66. The molecule has 0 unspecified atom stereocenters. The fraction of sp³-hybridized carbons (Fsp3) is 0.350. The normalized spacial score (nSPS) is 18.5. The summed E-state index contributed by atoms with van der Waals surface area (Å²) >= 11 is 5.96. The average Bonchev–Trinajstić information content (AvgIpc) is 2.69. The molecule has 2 heterocycles. The number of aromatic nitrogens is 1. The van der Waals surface area contributed by atoms with Gasteiger partial charge in [-0.3, -0.25) is 4.90 Å². The number of ether oxygens (including phenoxy) is 1. The predicted molar refractivity (Wildman–Crippen MR) is 112 cm³/mol. The number of hydrogen-bond donors (Lipinski definition) is 2. The SMILES string of the molecule is NC1=NC2(CCCCC2)N(c2cccc(Oc3ncc(C(F)(F)F)cc3Cl)c2)C(N)=N1. The molecule has 1 fully saturated rings. The van der Waals surface area contributed by atoms with Gasteiger partial charge in [-0.05, 0) is 43.9 Å².